The van der Waals surface area contributed by atoms with Gasteiger partial charge in [-0.1, -0.05) is 93.0 Å². The predicted molar refractivity (Wildman–Crippen MR) is 145 cm³/mol. The summed E-state index contributed by atoms with van der Waals surface area (Å²) < 4.78 is 5.55. The second kappa shape index (κ2) is 10.3. The molecule has 1 fully saturated rings. The summed E-state index contributed by atoms with van der Waals surface area (Å²) in [5.74, 6) is 0.385. The highest BCUT2D eigenvalue weighted by Gasteiger charge is 2.24. The van der Waals surface area contributed by atoms with Crippen LogP contribution in [0.4, 0.5) is 0 Å². The molecule has 0 aliphatic carbocycles. The van der Waals surface area contributed by atoms with E-state index in [4.69, 9.17) is 4.52 Å². The Balaban J connectivity index is 1.31. The van der Waals surface area contributed by atoms with Crippen LogP contribution in [0.15, 0.2) is 77.3 Å². The van der Waals surface area contributed by atoms with E-state index >= 15 is 0 Å². The second-order valence-corrected chi connectivity index (χ2v) is 10.8. The van der Waals surface area contributed by atoms with Gasteiger partial charge < -0.3 is 9.84 Å². The molecule has 0 saturated carbocycles. The number of hydrogen-bond acceptors (Lipinski definition) is 4. The second-order valence-electron chi connectivity index (χ2n) is 10.8. The lowest BCUT2D eigenvalue weighted by Gasteiger charge is -2.35. The predicted octanol–water partition coefficient (Wildman–Crippen LogP) is 6.75. The molecule has 5 nitrogen and oxygen atoms in total. The van der Waals surface area contributed by atoms with Crippen LogP contribution in [-0.2, 0) is 5.41 Å². The monoisotopic (exact) mass is 481 g/mol. The van der Waals surface area contributed by atoms with E-state index < -0.39 is 0 Å². The number of fused-ring (bicyclic) bond motifs is 1. The van der Waals surface area contributed by atoms with E-state index in [2.05, 4.69) is 84.7 Å². The minimum Gasteiger partial charge on any atom is -0.355 e. The van der Waals surface area contributed by atoms with Gasteiger partial charge in [-0.05, 0) is 59.3 Å². The van der Waals surface area contributed by atoms with Crippen LogP contribution in [-0.4, -0.2) is 35.6 Å². The number of likely N-dealkylation sites (tertiary alicyclic amines) is 1. The molecule has 4 aromatic rings. The Morgan fingerprint density at radius 2 is 1.67 bits per heavy atom. The van der Waals surface area contributed by atoms with Crippen molar-refractivity contribution in [2.45, 2.75) is 51.5 Å². The van der Waals surface area contributed by atoms with Crippen LogP contribution in [0, 0.1) is 0 Å². The lowest BCUT2D eigenvalue weighted by Crippen LogP contribution is -2.40. The number of rotatable bonds is 6. The first-order chi connectivity index (χ1) is 17.4. The lowest BCUT2D eigenvalue weighted by atomic mass is 9.86. The molecule has 1 N–H and O–H groups in total. The van der Waals surface area contributed by atoms with Gasteiger partial charge in [0.15, 0.2) is 11.5 Å². The minimum atomic E-state index is -0.209. The average molecular weight is 482 g/mol. The van der Waals surface area contributed by atoms with E-state index in [1.54, 1.807) is 6.07 Å². The Kier molecular flexibility index (Phi) is 6.92. The molecule has 1 aliphatic heterocycles. The summed E-state index contributed by atoms with van der Waals surface area (Å²) >= 11 is 0. The van der Waals surface area contributed by atoms with E-state index in [1.165, 1.54) is 30.4 Å². The van der Waals surface area contributed by atoms with E-state index in [1.807, 2.05) is 18.2 Å². The molecule has 0 radical (unpaired) electrons. The van der Waals surface area contributed by atoms with Gasteiger partial charge in [0.1, 0.15) is 0 Å². The van der Waals surface area contributed by atoms with Crippen LogP contribution < -0.4 is 5.32 Å². The third-order valence-corrected chi connectivity index (χ3v) is 7.23. The van der Waals surface area contributed by atoms with Crippen molar-refractivity contribution in [3.05, 3.63) is 89.6 Å². The van der Waals surface area contributed by atoms with Crippen molar-refractivity contribution in [1.82, 2.24) is 15.4 Å². The molecule has 1 saturated heterocycles. The maximum atomic E-state index is 13.1. The van der Waals surface area contributed by atoms with E-state index in [9.17, 15) is 4.79 Å². The molecule has 36 heavy (non-hydrogen) atoms. The summed E-state index contributed by atoms with van der Waals surface area (Å²) in [6.07, 6.45) is 3.67. The lowest BCUT2D eigenvalue weighted by molar-refractivity contribution is 0.0915. The third kappa shape index (κ3) is 5.36. The fourth-order valence-electron chi connectivity index (χ4n) is 5.03. The molecule has 2 heterocycles. The third-order valence-electron chi connectivity index (χ3n) is 7.23. The standard InChI is InChI=1S/C31H35N3O2/c1-31(2,3)26-15-13-23(14-16-26)28(34-17-7-4-8-18-34)21-32-30(35)27-20-29(36-33-27)25-12-11-22-9-5-6-10-24(22)19-25/h5-6,9-16,19-20,28H,4,7-8,17-18,21H2,1-3H3,(H,32,35). The van der Waals surface area contributed by atoms with Crippen LogP contribution in [0.5, 0.6) is 0 Å². The summed E-state index contributed by atoms with van der Waals surface area (Å²) in [6.45, 7) is 9.33. The highest BCUT2D eigenvalue weighted by atomic mass is 16.5. The summed E-state index contributed by atoms with van der Waals surface area (Å²) in [5, 5.41) is 9.49. The number of amides is 1. The van der Waals surface area contributed by atoms with Crippen molar-refractivity contribution in [3.8, 4) is 11.3 Å². The van der Waals surface area contributed by atoms with E-state index in [0.717, 1.165) is 29.4 Å². The molecular formula is C31H35N3O2. The smallest absolute Gasteiger partial charge is 0.273 e. The molecule has 1 aromatic heterocycles. The quantitative estimate of drug-likeness (QED) is 0.331. The molecule has 1 unspecified atom stereocenters. The molecule has 3 aromatic carbocycles. The molecule has 0 spiro atoms. The van der Waals surface area contributed by atoms with Crippen molar-refractivity contribution in [1.29, 1.82) is 0 Å². The van der Waals surface area contributed by atoms with Gasteiger partial charge in [-0.3, -0.25) is 9.69 Å². The molecule has 5 heteroatoms. The van der Waals surface area contributed by atoms with E-state index in [0.29, 0.717) is 18.0 Å². The van der Waals surface area contributed by atoms with E-state index in [-0.39, 0.29) is 17.4 Å². The molecule has 186 valence electrons. The molecule has 1 aliphatic rings. The molecular weight excluding hydrogens is 446 g/mol. The van der Waals surface area contributed by atoms with Gasteiger partial charge >= 0.3 is 0 Å². The maximum Gasteiger partial charge on any atom is 0.273 e. The average Bonchev–Trinajstić information content (AvgIpc) is 3.39. The maximum absolute atomic E-state index is 13.1. The summed E-state index contributed by atoms with van der Waals surface area (Å²) in [7, 11) is 0. The number of piperidine rings is 1. The van der Waals surface area contributed by atoms with Crippen LogP contribution in [0.3, 0.4) is 0 Å². The minimum absolute atomic E-state index is 0.114. The molecule has 1 amide bonds. The Labute approximate surface area is 213 Å². The summed E-state index contributed by atoms with van der Waals surface area (Å²) in [4.78, 5) is 15.6. The Bertz CT molecular complexity index is 1330. The zero-order valence-electron chi connectivity index (χ0n) is 21.5. The topological polar surface area (TPSA) is 58.4 Å². The SMILES string of the molecule is CC(C)(C)c1ccc(C(CNC(=O)c2cc(-c3ccc4ccccc4c3)on2)N2CCCCC2)cc1. The number of carbonyl (C=O) groups is 1. The molecule has 5 rings (SSSR count). The normalized spacial score (nSPS) is 15.6. The number of nitrogens with zero attached hydrogens (tertiary/aromatic N) is 2. The number of hydrogen-bond donors (Lipinski definition) is 1. The van der Waals surface area contributed by atoms with Crippen LogP contribution in [0.2, 0.25) is 0 Å². The van der Waals surface area contributed by atoms with Crippen molar-refractivity contribution >= 4 is 16.7 Å². The zero-order valence-corrected chi connectivity index (χ0v) is 21.5. The highest BCUT2D eigenvalue weighted by Crippen LogP contribution is 2.29. The summed E-state index contributed by atoms with van der Waals surface area (Å²) in [5.41, 5.74) is 3.88. The van der Waals surface area contributed by atoms with Crippen molar-refractivity contribution in [3.63, 3.8) is 0 Å². The van der Waals surface area contributed by atoms with Gasteiger partial charge in [-0.15, -0.1) is 0 Å². The fourth-order valence-corrected chi connectivity index (χ4v) is 5.03. The van der Waals surface area contributed by atoms with Crippen LogP contribution >= 0.6 is 0 Å². The first kappa shape index (κ1) is 24.3. The highest BCUT2D eigenvalue weighted by molar-refractivity contribution is 5.93. The fraction of sp³-hybridized carbons (Fsp3) is 0.355. The first-order valence-corrected chi connectivity index (χ1v) is 13.0. The van der Waals surface area contributed by atoms with Crippen LogP contribution in [0.25, 0.3) is 22.1 Å². The molecule has 1 atom stereocenters. The van der Waals surface area contributed by atoms with Crippen molar-refractivity contribution < 1.29 is 9.32 Å². The van der Waals surface area contributed by atoms with Gasteiger partial charge in [-0.25, -0.2) is 0 Å². The first-order valence-electron chi connectivity index (χ1n) is 13.0. The van der Waals surface area contributed by atoms with Crippen molar-refractivity contribution in [2.24, 2.45) is 0 Å². The number of aromatic nitrogens is 1. The Morgan fingerprint density at radius 1 is 0.944 bits per heavy atom. The summed E-state index contributed by atoms with van der Waals surface area (Å²) in [6, 6.07) is 25.1. The molecule has 0 bridgehead atoms. The van der Waals surface area contributed by atoms with Gasteiger partial charge in [0.25, 0.3) is 5.91 Å². The van der Waals surface area contributed by atoms with Gasteiger partial charge in [0.2, 0.25) is 0 Å². The number of carbonyl (C=O) groups excluding carboxylic acids is 1. The zero-order chi connectivity index (χ0) is 25.1. The van der Waals surface area contributed by atoms with Crippen molar-refractivity contribution in [2.75, 3.05) is 19.6 Å². The van der Waals surface area contributed by atoms with Gasteiger partial charge in [0, 0.05) is 18.2 Å². The van der Waals surface area contributed by atoms with Gasteiger partial charge in [0.05, 0.1) is 6.04 Å². The Morgan fingerprint density at radius 3 is 2.39 bits per heavy atom. The number of nitrogens with one attached hydrogen (secondary N) is 1. The van der Waals surface area contributed by atoms with Crippen LogP contribution in [0.1, 0.15) is 67.7 Å². The van der Waals surface area contributed by atoms with Gasteiger partial charge in [-0.2, -0.15) is 0 Å². The largest absolute Gasteiger partial charge is 0.355 e. The Hall–Kier alpha value is -3.44. The number of benzene rings is 3.